The fraction of sp³-hybridized carbons (Fsp3) is 0.267. The second kappa shape index (κ2) is 7.17. The maximum atomic E-state index is 12.1. The van der Waals surface area contributed by atoms with E-state index in [1.807, 2.05) is 25.1 Å². The molecule has 0 saturated carbocycles. The lowest BCUT2D eigenvalue weighted by atomic mass is 10.2. The first-order valence-corrected chi connectivity index (χ1v) is 7.54. The fourth-order valence-corrected chi connectivity index (χ4v) is 2.23. The number of nitrogens with one attached hydrogen (secondary N) is 2. The summed E-state index contributed by atoms with van der Waals surface area (Å²) in [6, 6.07) is 9.09. The molecule has 0 spiro atoms. The monoisotopic (exact) mass is 348 g/mol. The molecular weight excluding hydrogens is 332 g/mol. The van der Waals surface area contributed by atoms with Crippen LogP contribution in [0.5, 0.6) is 0 Å². The Morgan fingerprint density at radius 1 is 1.24 bits per heavy atom. The van der Waals surface area contributed by atoms with Crippen LogP contribution in [0.4, 0.5) is 11.5 Å². The Hall–Kier alpha value is -1.95. The van der Waals surface area contributed by atoms with Gasteiger partial charge < -0.3 is 10.6 Å². The second-order valence-electron chi connectivity index (χ2n) is 4.64. The maximum Gasteiger partial charge on any atom is 0.276 e. The first kappa shape index (κ1) is 15.4. The van der Waals surface area contributed by atoms with Crippen molar-refractivity contribution in [2.45, 2.75) is 20.3 Å². The van der Waals surface area contributed by atoms with E-state index >= 15 is 0 Å². The van der Waals surface area contributed by atoms with Crippen molar-refractivity contribution in [1.29, 1.82) is 0 Å². The largest absolute Gasteiger partial charge is 0.369 e. The van der Waals surface area contributed by atoms with Crippen molar-refractivity contribution in [1.82, 2.24) is 10.2 Å². The van der Waals surface area contributed by atoms with Gasteiger partial charge in [0, 0.05) is 16.7 Å². The van der Waals surface area contributed by atoms with E-state index in [1.54, 1.807) is 12.1 Å². The summed E-state index contributed by atoms with van der Waals surface area (Å²) < 4.78 is 0.976. The van der Waals surface area contributed by atoms with Crippen LogP contribution in [0.3, 0.4) is 0 Å². The van der Waals surface area contributed by atoms with E-state index in [1.165, 1.54) is 0 Å². The number of aryl methyl sites for hydroxylation is 1. The van der Waals surface area contributed by atoms with Gasteiger partial charge in [-0.2, -0.15) is 0 Å². The first-order chi connectivity index (χ1) is 10.1. The summed E-state index contributed by atoms with van der Waals surface area (Å²) in [5, 5.41) is 13.9. The van der Waals surface area contributed by atoms with Crippen LogP contribution in [0.1, 0.15) is 29.4 Å². The Bertz CT molecular complexity index is 628. The number of nitrogens with zero attached hydrogens (tertiary/aromatic N) is 2. The molecule has 21 heavy (non-hydrogen) atoms. The quantitative estimate of drug-likeness (QED) is 0.865. The molecule has 0 atom stereocenters. The molecule has 0 aliphatic carbocycles. The van der Waals surface area contributed by atoms with Crippen LogP contribution in [-0.4, -0.2) is 22.6 Å². The molecule has 2 aromatic rings. The Morgan fingerprint density at radius 3 is 2.67 bits per heavy atom. The van der Waals surface area contributed by atoms with Crippen LogP contribution in [0.2, 0.25) is 0 Å². The lowest BCUT2D eigenvalue weighted by molar-refractivity contribution is 0.102. The van der Waals surface area contributed by atoms with E-state index in [9.17, 15) is 4.79 Å². The minimum Gasteiger partial charge on any atom is -0.369 e. The molecule has 0 radical (unpaired) electrons. The van der Waals surface area contributed by atoms with Crippen LogP contribution in [0, 0.1) is 6.92 Å². The average Bonchev–Trinajstić information content (AvgIpc) is 2.48. The van der Waals surface area contributed by atoms with Crippen molar-refractivity contribution in [2.75, 3.05) is 17.2 Å². The van der Waals surface area contributed by atoms with E-state index in [-0.39, 0.29) is 5.91 Å². The number of carbonyl (C=O) groups is 1. The van der Waals surface area contributed by atoms with Crippen molar-refractivity contribution in [3.63, 3.8) is 0 Å². The highest BCUT2D eigenvalue weighted by atomic mass is 79.9. The smallest absolute Gasteiger partial charge is 0.276 e. The number of carbonyl (C=O) groups excluding carboxylic acids is 1. The highest BCUT2D eigenvalue weighted by molar-refractivity contribution is 9.10. The van der Waals surface area contributed by atoms with Crippen LogP contribution >= 0.6 is 15.9 Å². The Morgan fingerprint density at radius 2 is 2.05 bits per heavy atom. The Kier molecular flexibility index (Phi) is 5.27. The Labute approximate surface area is 132 Å². The number of hydrogen-bond donors (Lipinski definition) is 2. The third-order valence-corrected chi connectivity index (χ3v) is 3.38. The van der Waals surface area contributed by atoms with Gasteiger partial charge in [0.25, 0.3) is 5.91 Å². The Balaban J connectivity index is 2.06. The molecular formula is C15H17BrN4O. The standard InChI is InChI=1S/C15H17BrN4O/c1-3-8-17-14-7-6-13(19-20-14)15(21)18-12-5-4-11(16)9-10(12)2/h4-7,9H,3,8H2,1-2H3,(H,17,20)(H,18,21). The van der Waals surface area contributed by atoms with Gasteiger partial charge in [-0.3, -0.25) is 4.79 Å². The zero-order valence-corrected chi connectivity index (χ0v) is 13.6. The second-order valence-corrected chi connectivity index (χ2v) is 5.56. The molecule has 0 bridgehead atoms. The van der Waals surface area contributed by atoms with Crippen molar-refractivity contribution in [3.8, 4) is 0 Å². The van der Waals surface area contributed by atoms with E-state index in [4.69, 9.17) is 0 Å². The van der Waals surface area contributed by atoms with Gasteiger partial charge in [-0.15, -0.1) is 10.2 Å². The van der Waals surface area contributed by atoms with E-state index in [0.29, 0.717) is 11.5 Å². The van der Waals surface area contributed by atoms with Gasteiger partial charge >= 0.3 is 0 Å². The first-order valence-electron chi connectivity index (χ1n) is 6.75. The molecule has 0 saturated heterocycles. The molecule has 110 valence electrons. The molecule has 5 nitrogen and oxygen atoms in total. The third kappa shape index (κ3) is 4.26. The minimum absolute atomic E-state index is 0.269. The van der Waals surface area contributed by atoms with Gasteiger partial charge in [-0.25, -0.2) is 0 Å². The van der Waals surface area contributed by atoms with Crippen LogP contribution in [0.15, 0.2) is 34.8 Å². The van der Waals surface area contributed by atoms with Crippen molar-refractivity contribution in [3.05, 3.63) is 46.1 Å². The topological polar surface area (TPSA) is 66.9 Å². The molecule has 0 unspecified atom stereocenters. The molecule has 6 heteroatoms. The zero-order chi connectivity index (χ0) is 15.2. The zero-order valence-electron chi connectivity index (χ0n) is 12.0. The summed E-state index contributed by atoms with van der Waals surface area (Å²) in [6.07, 6.45) is 1.01. The highest BCUT2D eigenvalue weighted by Gasteiger charge is 2.10. The lowest BCUT2D eigenvalue weighted by Crippen LogP contribution is -2.15. The molecule has 0 aliphatic heterocycles. The minimum atomic E-state index is -0.269. The predicted octanol–water partition coefficient (Wildman–Crippen LogP) is 3.62. The molecule has 1 heterocycles. The number of anilines is 2. The van der Waals surface area contributed by atoms with Crippen LogP contribution < -0.4 is 10.6 Å². The van der Waals surface area contributed by atoms with Gasteiger partial charge in [0.15, 0.2) is 5.69 Å². The molecule has 0 aliphatic rings. The molecule has 1 aromatic carbocycles. The van der Waals surface area contributed by atoms with Crippen molar-refractivity contribution in [2.24, 2.45) is 0 Å². The summed E-state index contributed by atoms with van der Waals surface area (Å²) >= 11 is 3.39. The van der Waals surface area contributed by atoms with Crippen LogP contribution in [-0.2, 0) is 0 Å². The maximum absolute atomic E-state index is 12.1. The van der Waals surface area contributed by atoms with Gasteiger partial charge in [-0.05, 0) is 49.2 Å². The molecule has 1 amide bonds. The summed E-state index contributed by atoms with van der Waals surface area (Å²) in [5.41, 5.74) is 2.03. The number of aromatic nitrogens is 2. The summed E-state index contributed by atoms with van der Waals surface area (Å²) in [5.74, 6) is 0.406. The third-order valence-electron chi connectivity index (χ3n) is 2.89. The van der Waals surface area contributed by atoms with Crippen LogP contribution in [0.25, 0.3) is 0 Å². The number of hydrogen-bond acceptors (Lipinski definition) is 4. The van der Waals surface area contributed by atoms with Gasteiger partial charge in [0.05, 0.1) is 0 Å². The van der Waals surface area contributed by atoms with Gasteiger partial charge in [0.1, 0.15) is 5.82 Å². The van der Waals surface area contributed by atoms with E-state index in [2.05, 4.69) is 43.7 Å². The van der Waals surface area contributed by atoms with E-state index < -0.39 is 0 Å². The molecule has 2 N–H and O–H groups in total. The predicted molar refractivity (Wildman–Crippen MR) is 87.6 cm³/mol. The molecule has 0 fully saturated rings. The summed E-state index contributed by atoms with van der Waals surface area (Å²) in [7, 11) is 0. The summed E-state index contributed by atoms with van der Waals surface area (Å²) in [6.45, 7) is 4.84. The highest BCUT2D eigenvalue weighted by Crippen LogP contribution is 2.20. The normalized spacial score (nSPS) is 10.2. The van der Waals surface area contributed by atoms with Crippen molar-refractivity contribution >= 4 is 33.3 Å². The number of benzene rings is 1. The number of halogens is 1. The van der Waals surface area contributed by atoms with Crippen molar-refractivity contribution < 1.29 is 4.79 Å². The lowest BCUT2D eigenvalue weighted by Gasteiger charge is -2.08. The summed E-state index contributed by atoms with van der Waals surface area (Å²) in [4.78, 5) is 12.1. The average molecular weight is 349 g/mol. The molecule has 1 aromatic heterocycles. The van der Waals surface area contributed by atoms with E-state index in [0.717, 1.165) is 28.7 Å². The molecule has 2 rings (SSSR count). The van der Waals surface area contributed by atoms with Gasteiger partial charge in [-0.1, -0.05) is 22.9 Å². The fourth-order valence-electron chi connectivity index (χ4n) is 1.75. The SMILES string of the molecule is CCCNc1ccc(C(=O)Nc2ccc(Br)cc2C)nn1. The number of rotatable bonds is 5. The van der Waals surface area contributed by atoms with Gasteiger partial charge in [0.2, 0.25) is 0 Å². The number of amides is 1.